The smallest absolute Gasteiger partial charge is 0.185 e. The van der Waals surface area contributed by atoms with E-state index in [4.69, 9.17) is 4.98 Å². The van der Waals surface area contributed by atoms with Crippen molar-refractivity contribution in [3.05, 3.63) is 10.6 Å². The predicted octanol–water partition coefficient (Wildman–Crippen LogP) is 2.66. The summed E-state index contributed by atoms with van der Waals surface area (Å²) in [6, 6.07) is 1.19. The molecule has 1 aromatic rings. The van der Waals surface area contributed by atoms with Crippen LogP contribution >= 0.6 is 11.3 Å². The van der Waals surface area contributed by atoms with Gasteiger partial charge in [0.1, 0.15) is 0 Å². The fourth-order valence-corrected chi connectivity index (χ4v) is 4.65. The van der Waals surface area contributed by atoms with Crippen LogP contribution in [0.3, 0.4) is 0 Å². The molecule has 2 unspecified atom stereocenters. The molecule has 1 N–H and O–H groups in total. The molecule has 3 rings (SSSR count). The van der Waals surface area contributed by atoms with E-state index in [-0.39, 0.29) is 0 Å². The molecule has 0 spiro atoms. The number of anilines is 1. The van der Waals surface area contributed by atoms with Gasteiger partial charge in [0.2, 0.25) is 0 Å². The zero-order chi connectivity index (χ0) is 14.8. The van der Waals surface area contributed by atoms with E-state index >= 15 is 0 Å². The Labute approximate surface area is 132 Å². The van der Waals surface area contributed by atoms with Crippen LogP contribution in [0.4, 0.5) is 5.13 Å². The molecular weight excluding hydrogens is 280 g/mol. The zero-order valence-electron chi connectivity index (χ0n) is 13.6. The predicted molar refractivity (Wildman–Crippen MR) is 90.4 cm³/mol. The van der Waals surface area contributed by atoms with Crippen LogP contribution in [-0.2, 0) is 6.42 Å². The molecule has 1 aliphatic heterocycles. The van der Waals surface area contributed by atoms with E-state index in [1.54, 1.807) is 0 Å². The lowest BCUT2D eigenvalue weighted by Crippen LogP contribution is -2.49. The molecule has 118 valence electrons. The van der Waals surface area contributed by atoms with E-state index in [0.29, 0.717) is 12.1 Å². The number of aryl methyl sites for hydroxylation is 1. The summed E-state index contributed by atoms with van der Waals surface area (Å²) in [5.41, 5.74) is 1.33. The average molecular weight is 308 g/mol. The maximum atomic E-state index is 4.98. The molecule has 0 radical (unpaired) electrons. The molecule has 5 heteroatoms. The Hall–Kier alpha value is -0.650. The van der Waals surface area contributed by atoms with E-state index in [9.17, 15) is 0 Å². The van der Waals surface area contributed by atoms with Crippen LogP contribution in [0.25, 0.3) is 0 Å². The van der Waals surface area contributed by atoms with Gasteiger partial charge in [-0.05, 0) is 39.7 Å². The highest BCUT2D eigenvalue weighted by Crippen LogP contribution is 2.36. The van der Waals surface area contributed by atoms with Crippen molar-refractivity contribution in [3.63, 3.8) is 0 Å². The minimum atomic E-state index is 0.472. The Morgan fingerprint density at radius 1 is 1.33 bits per heavy atom. The van der Waals surface area contributed by atoms with Crippen LogP contribution in [0.15, 0.2) is 0 Å². The van der Waals surface area contributed by atoms with Crippen LogP contribution in [0.2, 0.25) is 0 Å². The molecule has 0 bridgehead atoms. The fourth-order valence-electron chi connectivity index (χ4n) is 3.43. The quantitative estimate of drug-likeness (QED) is 0.926. The Balaban J connectivity index is 1.68. The molecule has 0 saturated carbocycles. The van der Waals surface area contributed by atoms with Crippen molar-refractivity contribution in [2.24, 2.45) is 0 Å². The van der Waals surface area contributed by atoms with Crippen molar-refractivity contribution in [3.8, 4) is 0 Å². The summed E-state index contributed by atoms with van der Waals surface area (Å²) in [7, 11) is 2.06. The maximum Gasteiger partial charge on any atom is 0.185 e. The topological polar surface area (TPSA) is 31.4 Å². The molecule has 1 fully saturated rings. The number of rotatable bonds is 4. The van der Waals surface area contributed by atoms with E-state index in [0.717, 1.165) is 13.1 Å². The molecule has 0 aromatic carbocycles. The highest BCUT2D eigenvalue weighted by molar-refractivity contribution is 7.15. The Morgan fingerprint density at radius 2 is 2.10 bits per heavy atom. The second-order valence-corrected chi connectivity index (χ2v) is 7.38. The van der Waals surface area contributed by atoms with Crippen LogP contribution in [-0.4, -0.2) is 49.2 Å². The van der Waals surface area contributed by atoms with Gasteiger partial charge < -0.3 is 10.2 Å². The summed E-state index contributed by atoms with van der Waals surface area (Å²) in [6.45, 7) is 9.23. The first-order valence-corrected chi connectivity index (χ1v) is 9.20. The van der Waals surface area contributed by atoms with Crippen LogP contribution in [0.1, 0.15) is 49.7 Å². The number of hydrogen-bond acceptors (Lipinski definition) is 5. The monoisotopic (exact) mass is 308 g/mol. The van der Waals surface area contributed by atoms with Gasteiger partial charge in [-0.1, -0.05) is 6.92 Å². The van der Waals surface area contributed by atoms with Crippen molar-refractivity contribution >= 4 is 16.5 Å². The number of fused-ring (bicyclic) bond motifs is 1. The van der Waals surface area contributed by atoms with Gasteiger partial charge in [-0.15, -0.1) is 11.3 Å². The van der Waals surface area contributed by atoms with Crippen molar-refractivity contribution in [1.29, 1.82) is 0 Å². The Kier molecular flexibility index (Phi) is 4.82. The van der Waals surface area contributed by atoms with Crippen LogP contribution < -0.4 is 10.2 Å². The summed E-state index contributed by atoms with van der Waals surface area (Å²) in [5.74, 6) is 0. The minimum Gasteiger partial charge on any atom is -0.346 e. The number of aromatic nitrogens is 1. The van der Waals surface area contributed by atoms with Gasteiger partial charge in [0.25, 0.3) is 0 Å². The van der Waals surface area contributed by atoms with Crippen LogP contribution in [0, 0.1) is 0 Å². The van der Waals surface area contributed by atoms with Gasteiger partial charge >= 0.3 is 0 Å². The first-order valence-electron chi connectivity index (χ1n) is 8.38. The van der Waals surface area contributed by atoms with Gasteiger partial charge in [-0.3, -0.25) is 4.90 Å². The molecule has 1 saturated heterocycles. The number of hydrogen-bond donors (Lipinski definition) is 1. The lowest BCUT2D eigenvalue weighted by Gasteiger charge is -2.37. The molecule has 21 heavy (non-hydrogen) atoms. The van der Waals surface area contributed by atoms with Crippen molar-refractivity contribution < 1.29 is 0 Å². The van der Waals surface area contributed by atoms with E-state index in [2.05, 4.69) is 36.0 Å². The SMILES string of the molecule is CCC(C)N1CCN(c2nc3c(s2)CCCC3NC)CC1. The highest BCUT2D eigenvalue weighted by atomic mass is 32.1. The van der Waals surface area contributed by atoms with Crippen molar-refractivity contribution in [1.82, 2.24) is 15.2 Å². The first-order chi connectivity index (χ1) is 10.2. The summed E-state index contributed by atoms with van der Waals surface area (Å²) in [4.78, 5) is 11.6. The summed E-state index contributed by atoms with van der Waals surface area (Å²) in [5, 5.41) is 4.68. The van der Waals surface area contributed by atoms with E-state index < -0.39 is 0 Å². The van der Waals surface area contributed by atoms with Crippen LogP contribution in [0.5, 0.6) is 0 Å². The summed E-state index contributed by atoms with van der Waals surface area (Å²) in [6.07, 6.45) is 4.99. The van der Waals surface area contributed by atoms with Crippen molar-refractivity contribution in [2.75, 3.05) is 38.1 Å². The second kappa shape index (κ2) is 6.63. The second-order valence-electron chi connectivity index (χ2n) is 6.32. The molecule has 4 nitrogen and oxygen atoms in total. The van der Waals surface area contributed by atoms with Gasteiger partial charge in [0, 0.05) is 37.1 Å². The maximum absolute atomic E-state index is 4.98. The lowest BCUT2D eigenvalue weighted by atomic mass is 9.98. The number of nitrogens with zero attached hydrogens (tertiary/aromatic N) is 3. The van der Waals surface area contributed by atoms with Gasteiger partial charge in [-0.2, -0.15) is 0 Å². The number of nitrogens with one attached hydrogen (secondary N) is 1. The lowest BCUT2D eigenvalue weighted by molar-refractivity contribution is 0.193. The zero-order valence-corrected chi connectivity index (χ0v) is 14.4. The largest absolute Gasteiger partial charge is 0.346 e. The molecule has 2 aliphatic rings. The molecule has 0 amide bonds. The minimum absolute atomic E-state index is 0.472. The highest BCUT2D eigenvalue weighted by Gasteiger charge is 2.27. The molecule has 2 atom stereocenters. The standard InChI is InChI=1S/C16H28N4S/c1-4-12(2)19-8-10-20(11-9-19)16-18-15-13(17-3)6-5-7-14(15)21-16/h12-13,17H,4-11H2,1-3H3. The summed E-state index contributed by atoms with van der Waals surface area (Å²) >= 11 is 1.93. The number of thiazole rings is 1. The Bertz CT molecular complexity index is 465. The number of piperazine rings is 1. The fraction of sp³-hybridized carbons (Fsp3) is 0.812. The first kappa shape index (κ1) is 15.3. The van der Waals surface area contributed by atoms with E-state index in [1.807, 2.05) is 11.3 Å². The summed E-state index contributed by atoms with van der Waals surface area (Å²) < 4.78 is 0. The molecule has 2 heterocycles. The third kappa shape index (κ3) is 3.10. The average Bonchev–Trinajstić information content (AvgIpc) is 2.98. The van der Waals surface area contributed by atoms with Crippen molar-refractivity contribution in [2.45, 2.75) is 51.6 Å². The van der Waals surface area contributed by atoms with Gasteiger partial charge in [-0.25, -0.2) is 4.98 Å². The van der Waals surface area contributed by atoms with E-state index in [1.165, 1.54) is 54.5 Å². The van der Waals surface area contributed by atoms with Gasteiger partial charge in [0.05, 0.1) is 11.7 Å². The third-order valence-corrected chi connectivity index (χ3v) is 6.28. The Morgan fingerprint density at radius 3 is 2.76 bits per heavy atom. The normalized spacial score (nSPS) is 24.9. The van der Waals surface area contributed by atoms with Gasteiger partial charge in [0.15, 0.2) is 5.13 Å². The molecule has 1 aromatic heterocycles. The molecular formula is C16H28N4S. The molecule has 1 aliphatic carbocycles. The third-order valence-electron chi connectivity index (χ3n) is 5.09.